The quantitative estimate of drug-likeness (QED) is 0.626. The van der Waals surface area contributed by atoms with Crippen LogP contribution in [0.4, 0.5) is 0 Å². The third-order valence-corrected chi connectivity index (χ3v) is 2.96. The highest BCUT2D eigenvalue weighted by molar-refractivity contribution is 5.95. The first-order valence-corrected chi connectivity index (χ1v) is 5.01. The minimum Gasteiger partial charge on any atom is -0.192 e. The molecule has 2 aromatic rings. The normalized spacial score (nSPS) is 13.4. The molecule has 15 heavy (non-hydrogen) atoms. The van der Waals surface area contributed by atoms with Crippen LogP contribution in [0.3, 0.4) is 0 Å². The Hall–Kier alpha value is -2.07. The standard InChI is InChI=1S/C14H9N/c15-9-11-6-8-14-12-4-2-1-3-10(12)5-7-13(11)14/h1-7H,8H2. The van der Waals surface area contributed by atoms with Crippen LogP contribution in [-0.2, 0) is 6.42 Å². The van der Waals surface area contributed by atoms with E-state index in [9.17, 15) is 0 Å². The molecule has 2 aromatic carbocycles. The zero-order valence-electron chi connectivity index (χ0n) is 8.20. The van der Waals surface area contributed by atoms with Gasteiger partial charge in [0.25, 0.3) is 0 Å². The first kappa shape index (κ1) is 8.26. The number of hydrogen-bond donors (Lipinski definition) is 0. The van der Waals surface area contributed by atoms with E-state index in [-0.39, 0.29) is 0 Å². The predicted molar refractivity (Wildman–Crippen MR) is 61.2 cm³/mol. The van der Waals surface area contributed by atoms with Gasteiger partial charge in [-0.05, 0) is 28.3 Å². The second-order valence-corrected chi connectivity index (χ2v) is 3.75. The molecule has 0 N–H and O–H groups in total. The van der Waals surface area contributed by atoms with Gasteiger partial charge in [0, 0.05) is 0 Å². The number of hydrogen-bond acceptors (Lipinski definition) is 1. The van der Waals surface area contributed by atoms with E-state index in [1.54, 1.807) is 0 Å². The van der Waals surface area contributed by atoms with Gasteiger partial charge in [-0.15, -0.1) is 0 Å². The molecule has 0 saturated carbocycles. The van der Waals surface area contributed by atoms with Gasteiger partial charge in [-0.25, -0.2) is 0 Å². The molecule has 1 nitrogen and oxygen atoms in total. The largest absolute Gasteiger partial charge is 0.192 e. The Kier molecular flexibility index (Phi) is 1.63. The molecule has 1 aliphatic carbocycles. The van der Waals surface area contributed by atoms with E-state index in [1.165, 1.54) is 16.3 Å². The molecule has 0 radical (unpaired) electrons. The van der Waals surface area contributed by atoms with Crippen LogP contribution in [0.25, 0.3) is 16.3 Å². The topological polar surface area (TPSA) is 23.8 Å². The molecule has 1 aliphatic rings. The molecular weight excluding hydrogens is 182 g/mol. The van der Waals surface area contributed by atoms with E-state index in [2.05, 4.69) is 30.3 Å². The second-order valence-electron chi connectivity index (χ2n) is 3.75. The average molecular weight is 191 g/mol. The van der Waals surface area contributed by atoms with Gasteiger partial charge in [0.2, 0.25) is 0 Å². The Bertz CT molecular complexity index is 615. The van der Waals surface area contributed by atoms with Crippen molar-refractivity contribution in [3.63, 3.8) is 0 Å². The number of allylic oxidation sites excluding steroid dienone is 2. The van der Waals surface area contributed by atoms with E-state index in [4.69, 9.17) is 5.26 Å². The molecule has 0 aliphatic heterocycles. The van der Waals surface area contributed by atoms with Crippen LogP contribution in [0.5, 0.6) is 0 Å². The van der Waals surface area contributed by atoms with Crippen molar-refractivity contribution in [3.8, 4) is 6.07 Å². The minimum atomic E-state index is 0.816. The highest BCUT2D eigenvalue weighted by Gasteiger charge is 2.15. The molecule has 3 rings (SSSR count). The summed E-state index contributed by atoms with van der Waals surface area (Å²) in [5.41, 5.74) is 3.22. The molecule has 0 bridgehead atoms. The van der Waals surface area contributed by atoms with E-state index in [1.807, 2.05) is 18.2 Å². The Morgan fingerprint density at radius 3 is 2.80 bits per heavy atom. The van der Waals surface area contributed by atoms with Crippen LogP contribution in [0.1, 0.15) is 11.1 Å². The lowest BCUT2D eigenvalue weighted by Gasteiger charge is -2.05. The van der Waals surface area contributed by atoms with Crippen molar-refractivity contribution in [1.82, 2.24) is 0 Å². The summed E-state index contributed by atoms with van der Waals surface area (Å²) in [6, 6.07) is 14.7. The van der Waals surface area contributed by atoms with Crippen molar-refractivity contribution in [2.75, 3.05) is 0 Å². The second kappa shape index (κ2) is 2.96. The van der Waals surface area contributed by atoms with Gasteiger partial charge in [0.1, 0.15) is 0 Å². The van der Waals surface area contributed by atoms with Gasteiger partial charge in [-0.1, -0.05) is 42.5 Å². The lowest BCUT2D eigenvalue weighted by Crippen LogP contribution is -1.85. The van der Waals surface area contributed by atoms with Gasteiger partial charge < -0.3 is 0 Å². The van der Waals surface area contributed by atoms with E-state index in [0.717, 1.165) is 17.6 Å². The smallest absolute Gasteiger partial charge is 0.0994 e. The summed E-state index contributed by atoms with van der Waals surface area (Å²) in [6.07, 6.45) is 2.90. The molecule has 0 spiro atoms. The number of nitrogens with zero attached hydrogens (tertiary/aromatic N) is 1. The number of fused-ring (bicyclic) bond motifs is 3. The molecule has 0 amide bonds. The summed E-state index contributed by atoms with van der Waals surface area (Å²) in [5.74, 6) is 0. The third-order valence-electron chi connectivity index (χ3n) is 2.96. The molecule has 0 heterocycles. The summed E-state index contributed by atoms with van der Waals surface area (Å²) in [4.78, 5) is 0. The summed E-state index contributed by atoms with van der Waals surface area (Å²) < 4.78 is 0. The Labute approximate surface area is 88.3 Å². The van der Waals surface area contributed by atoms with Crippen LogP contribution in [0.2, 0.25) is 0 Å². The monoisotopic (exact) mass is 191 g/mol. The zero-order chi connectivity index (χ0) is 10.3. The molecule has 70 valence electrons. The summed E-state index contributed by atoms with van der Waals surface area (Å²) in [5, 5.41) is 11.5. The predicted octanol–water partition coefficient (Wildman–Crippen LogP) is 3.30. The fraction of sp³-hybridized carbons (Fsp3) is 0.0714. The highest BCUT2D eigenvalue weighted by Crippen LogP contribution is 2.32. The van der Waals surface area contributed by atoms with E-state index < -0.39 is 0 Å². The number of rotatable bonds is 0. The molecule has 0 atom stereocenters. The maximum atomic E-state index is 8.97. The van der Waals surface area contributed by atoms with Crippen molar-refractivity contribution in [1.29, 1.82) is 5.26 Å². The van der Waals surface area contributed by atoms with Gasteiger partial charge >= 0.3 is 0 Å². The molecule has 0 unspecified atom stereocenters. The first-order chi connectivity index (χ1) is 7.40. The van der Waals surface area contributed by atoms with Crippen molar-refractivity contribution in [2.24, 2.45) is 0 Å². The highest BCUT2D eigenvalue weighted by atomic mass is 14.3. The van der Waals surface area contributed by atoms with Crippen LogP contribution in [-0.4, -0.2) is 0 Å². The van der Waals surface area contributed by atoms with Gasteiger partial charge in [0.05, 0.1) is 11.6 Å². The van der Waals surface area contributed by atoms with Crippen molar-refractivity contribution in [3.05, 3.63) is 53.6 Å². The van der Waals surface area contributed by atoms with Crippen molar-refractivity contribution >= 4 is 16.3 Å². The molecule has 0 saturated heterocycles. The summed E-state index contributed by atoms with van der Waals surface area (Å²) in [6.45, 7) is 0. The first-order valence-electron chi connectivity index (χ1n) is 5.01. The van der Waals surface area contributed by atoms with Gasteiger partial charge in [-0.3, -0.25) is 0 Å². The average Bonchev–Trinajstić information content (AvgIpc) is 2.72. The van der Waals surface area contributed by atoms with Gasteiger partial charge in [0.15, 0.2) is 0 Å². The van der Waals surface area contributed by atoms with E-state index in [0.29, 0.717) is 0 Å². The number of nitriles is 1. The maximum absolute atomic E-state index is 8.97. The van der Waals surface area contributed by atoms with Crippen LogP contribution >= 0.6 is 0 Å². The fourth-order valence-corrected chi connectivity index (χ4v) is 2.23. The SMILES string of the molecule is N#CC1=CCc2c1ccc1ccccc21. The molecule has 0 aromatic heterocycles. The van der Waals surface area contributed by atoms with Crippen LogP contribution in [0.15, 0.2) is 42.5 Å². The number of benzene rings is 2. The van der Waals surface area contributed by atoms with Crippen molar-refractivity contribution < 1.29 is 0 Å². The summed E-state index contributed by atoms with van der Waals surface area (Å²) >= 11 is 0. The zero-order valence-corrected chi connectivity index (χ0v) is 8.20. The molecular formula is C14H9N. The Morgan fingerprint density at radius 1 is 1.07 bits per heavy atom. The fourth-order valence-electron chi connectivity index (χ4n) is 2.23. The Balaban J connectivity index is 2.37. The molecule has 0 fully saturated rings. The van der Waals surface area contributed by atoms with Crippen molar-refractivity contribution in [2.45, 2.75) is 6.42 Å². The minimum absolute atomic E-state index is 0.816. The third kappa shape index (κ3) is 1.08. The lowest BCUT2D eigenvalue weighted by molar-refractivity contribution is 1.35. The molecule has 1 heteroatoms. The van der Waals surface area contributed by atoms with Crippen LogP contribution < -0.4 is 0 Å². The van der Waals surface area contributed by atoms with E-state index >= 15 is 0 Å². The van der Waals surface area contributed by atoms with Crippen LogP contribution in [0, 0.1) is 11.3 Å². The lowest BCUT2D eigenvalue weighted by atomic mass is 9.99. The van der Waals surface area contributed by atoms with Gasteiger partial charge in [-0.2, -0.15) is 5.26 Å². The Morgan fingerprint density at radius 2 is 1.93 bits per heavy atom. The maximum Gasteiger partial charge on any atom is 0.0994 e. The summed E-state index contributed by atoms with van der Waals surface area (Å²) in [7, 11) is 0.